The van der Waals surface area contributed by atoms with Crippen molar-refractivity contribution in [2.45, 2.75) is 0 Å². The zero-order valence-electron chi connectivity index (χ0n) is 13.7. The molecule has 0 N–H and O–H groups in total. The molecule has 0 aliphatic rings. The van der Waals surface area contributed by atoms with E-state index in [1.165, 1.54) is 11.1 Å². The molecule has 0 amide bonds. The first-order chi connectivity index (χ1) is 11.9. The van der Waals surface area contributed by atoms with Gasteiger partial charge in [-0.2, -0.15) is 0 Å². The zero-order valence-corrected chi connectivity index (χ0v) is 13.7. The monoisotopic (exact) mass is 312 g/mol. The molecule has 3 aromatic rings. The summed E-state index contributed by atoms with van der Waals surface area (Å²) >= 11 is 0. The second-order valence-electron chi connectivity index (χ2n) is 5.42. The molecule has 0 atom stereocenters. The lowest BCUT2D eigenvalue weighted by Gasteiger charge is -2.12. The third kappa shape index (κ3) is 3.82. The lowest BCUT2D eigenvalue weighted by atomic mass is 9.96. The van der Waals surface area contributed by atoms with E-state index in [0.717, 1.165) is 16.9 Å². The minimum atomic E-state index is 0.876. The number of rotatable bonds is 5. The highest BCUT2D eigenvalue weighted by Crippen LogP contribution is 2.30. The molecule has 0 heterocycles. The molecule has 118 valence electrons. The van der Waals surface area contributed by atoms with Crippen LogP contribution in [0, 0.1) is 0 Å². The predicted octanol–water partition coefficient (Wildman–Crippen LogP) is 5.84. The Bertz CT molecular complexity index is 830. The molecule has 0 aromatic heterocycles. The average Bonchev–Trinajstić information content (AvgIpc) is 2.67. The minimum Gasteiger partial charge on any atom is -0.496 e. The summed E-state index contributed by atoms with van der Waals surface area (Å²) in [6.07, 6.45) is 6.34. The Hall–Kier alpha value is -3.06. The van der Waals surface area contributed by atoms with Gasteiger partial charge in [-0.05, 0) is 22.8 Å². The second kappa shape index (κ2) is 7.98. The fourth-order valence-corrected chi connectivity index (χ4v) is 2.65. The first kappa shape index (κ1) is 15.8. The molecular weight excluding hydrogens is 292 g/mol. The van der Waals surface area contributed by atoms with Crippen molar-refractivity contribution in [1.82, 2.24) is 0 Å². The Morgan fingerprint density at radius 2 is 1.38 bits per heavy atom. The highest BCUT2D eigenvalue weighted by atomic mass is 16.5. The minimum absolute atomic E-state index is 0.876. The van der Waals surface area contributed by atoms with Crippen molar-refractivity contribution in [3.05, 3.63) is 114 Å². The van der Waals surface area contributed by atoms with E-state index in [4.69, 9.17) is 4.74 Å². The second-order valence-corrected chi connectivity index (χ2v) is 5.42. The number of benzene rings is 3. The highest BCUT2D eigenvalue weighted by molar-refractivity contribution is 5.84. The summed E-state index contributed by atoms with van der Waals surface area (Å²) in [6, 6.07) is 28.8. The third-order valence-electron chi connectivity index (χ3n) is 3.83. The molecule has 3 rings (SSSR count). The van der Waals surface area contributed by atoms with Gasteiger partial charge in [0.2, 0.25) is 0 Å². The van der Waals surface area contributed by atoms with Crippen LogP contribution in [0.3, 0.4) is 0 Å². The summed E-state index contributed by atoms with van der Waals surface area (Å²) in [4.78, 5) is 0. The number of ether oxygens (including phenoxy) is 1. The van der Waals surface area contributed by atoms with Crippen LogP contribution in [0.4, 0.5) is 0 Å². The Kier molecular flexibility index (Phi) is 5.26. The SMILES string of the molecule is COc1ccccc1C(=CC=Cc1ccccc1)c1ccccc1. The third-order valence-corrected chi connectivity index (χ3v) is 3.83. The Morgan fingerprint density at radius 3 is 2.08 bits per heavy atom. The smallest absolute Gasteiger partial charge is 0.126 e. The first-order valence-corrected chi connectivity index (χ1v) is 8.01. The molecule has 0 spiro atoms. The average molecular weight is 312 g/mol. The van der Waals surface area contributed by atoms with Crippen molar-refractivity contribution in [3.63, 3.8) is 0 Å². The van der Waals surface area contributed by atoms with Crippen LogP contribution in [0.2, 0.25) is 0 Å². The van der Waals surface area contributed by atoms with Gasteiger partial charge in [-0.3, -0.25) is 0 Å². The van der Waals surface area contributed by atoms with Crippen molar-refractivity contribution in [2.24, 2.45) is 0 Å². The maximum atomic E-state index is 5.55. The summed E-state index contributed by atoms with van der Waals surface area (Å²) in [5.41, 5.74) is 4.57. The van der Waals surface area contributed by atoms with Gasteiger partial charge in [-0.15, -0.1) is 0 Å². The molecule has 0 aliphatic heterocycles. The summed E-state index contributed by atoms with van der Waals surface area (Å²) in [7, 11) is 1.71. The quantitative estimate of drug-likeness (QED) is 0.538. The largest absolute Gasteiger partial charge is 0.496 e. The van der Waals surface area contributed by atoms with E-state index in [0.29, 0.717) is 0 Å². The van der Waals surface area contributed by atoms with Crippen LogP contribution in [0.5, 0.6) is 5.75 Å². The molecular formula is C23H20O. The first-order valence-electron chi connectivity index (χ1n) is 8.01. The molecule has 0 bridgehead atoms. The van der Waals surface area contributed by atoms with E-state index in [2.05, 4.69) is 60.7 Å². The molecule has 3 aromatic carbocycles. The summed E-state index contributed by atoms with van der Waals surface area (Å²) in [6.45, 7) is 0. The number of methoxy groups -OCH3 is 1. The van der Waals surface area contributed by atoms with Gasteiger partial charge in [0.1, 0.15) is 5.75 Å². The lowest BCUT2D eigenvalue weighted by Crippen LogP contribution is -1.93. The van der Waals surface area contributed by atoms with Gasteiger partial charge in [-0.25, -0.2) is 0 Å². The van der Waals surface area contributed by atoms with Crippen LogP contribution in [0.15, 0.2) is 97.1 Å². The van der Waals surface area contributed by atoms with Crippen LogP contribution in [-0.2, 0) is 0 Å². The van der Waals surface area contributed by atoms with E-state index in [1.807, 2.05) is 42.5 Å². The van der Waals surface area contributed by atoms with Crippen molar-refractivity contribution in [3.8, 4) is 5.75 Å². The lowest BCUT2D eigenvalue weighted by molar-refractivity contribution is 0.413. The maximum Gasteiger partial charge on any atom is 0.126 e. The molecule has 0 saturated heterocycles. The van der Waals surface area contributed by atoms with Crippen molar-refractivity contribution >= 4 is 11.6 Å². The fraction of sp³-hybridized carbons (Fsp3) is 0.0435. The van der Waals surface area contributed by atoms with Crippen LogP contribution < -0.4 is 4.74 Å². The van der Waals surface area contributed by atoms with Crippen molar-refractivity contribution in [2.75, 3.05) is 7.11 Å². The number of hydrogen-bond acceptors (Lipinski definition) is 1. The van der Waals surface area contributed by atoms with E-state index in [1.54, 1.807) is 7.11 Å². The molecule has 0 fully saturated rings. The summed E-state index contributed by atoms with van der Waals surface area (Å²) in [5.74, 6) is 0.876. The Morgan fingerprint density at radius 1 is 0.750 bits per heavy atom. The van der Waals surface area contributed by atoms with E-state index in [-0.39, 0.29) is 0 Å². The summed E-state index contributed by atoms with van der Waals surface area (Å²) < 4.78 is 5.55. The van der Waals surface area contributed by atoms with Gasteiger partial charge in [0.05, 0.1) is 7.11 Å². The van der Waals surface area contributed by atoms with E-state index in [9.17, 15) is 0 Å². The molecule has 24 heavy (non-hydrogen) atoms. The van der Waals surface area contributed by atoms with Gasteiger partial charge < -0.3 is 4.74 Å². The van der Waals surface area contributed by atoms with E-state index < -0.39 is 0 Å². The van der Waals surface area contributed by atoms with Crippen LogP contribution in [0.25, 0.3) is 11.6 Å². The maximum absolute atomic E-state index is 5.55. The van der Waals surface area contributed by atoms with Gasteiger partial charge in [-0.1, -0.05) is 97.1 Å². The summed E-state index contributed by atoms with van der Waals surface area (Å²) in [5, 5.41) is 0. The van der Waals surface area contributed by atoms with E-state index >= 15 is 0 Å². The van der Waals surface area contributed by atoms with Crippen LogP contribution >= 0.6 is 0 Å². The molecule has 1 nitrogen and oxygen atoms in total. The molecule has 0 aliphatic carbocycles. The number of para-hydroxylation sites is 1. The highest BCUT2D eigenvalue weighted by Gasteiger charge is 2.09. The predicted molar refractivity (Wildman–Crippen MR) is 102 cm³/mol. The van der Waals surface area contributed by atoms with Crippen LogP contribution in [0.1, 0.15) is 16.7 Å². The van der Waals surface area contributed by atoms with Gasteiger partial charge in [0, 0.05) is 5.56 Å². The number of hydrogen-bond donors (Lipinski definition) is 0. The molecule has 0 unspecified atom stereocenters. The van der Waals surface area contributed by atoms with Crippen molar-refractivity contribution in [1.29, 1.82) is 0 Å². The molecule has 0 saturated carbocycles. The van der Waals surface area contributed by atoms with Gasteiger partial charge in [0.25, 0.3) is 0 Å². The van der Waals surface area contributed by atoms with Crippen molar-refractivity contribution < 1.29 is 4.74 Å². The fourth-order valence-electron chi connectivity index (χ4n) is 2.65. The molecule has 1 heteroatoms. The molecule has 0 radical (unpaired) electrons. The Labute approximate surface area is 143 Å². The normalized spacial score (nSPS) is 11.6. The topological polar surface area (TPSA) is 9.23 Å². The van der Waals surface area contributed by atoms with Gasteiger partial charge >= 0.3 is 0 Å². The number of allylic oxidation sites excluding steroid dienone is 2. The zero-order chi connectivity index (χ0) is 16.6. The standard InChI is InChI=1S/C23H20O/c1-24-23-18-9-8-16-22(23)21(20-14-6-3-7-15-20)17-10-13-19-11-4-2-5-12-19/h2-18H,1H3. The van der Waals surface area contributed by atoms with Gasteiger partial charge in [0.15, 0.2) is 0 Å². The van der Waals surface area contributed by atoms with Crippen LogP contribution in [-0.4, -0.2) is 7.11 Å². The Balaban J connectivity index is 2.03.